The Kier molecular flexibility index (Phi) is 7.69. The van der Waals surface area contributed by atoms with Gasteiger partial charge >= 0.3 is 5.97 Å². The number of rotatable bonds is 7. The maximum absolute atomic E-state index is 13.0. The molecule has 1 fully saturated rings. The van der Waals surface area contributed by atoms with Crippen LogP contribution in [0.4, 0.5) is 5.82 Å². The van der Waals surface area contributed by atoms with Crippen LogP contribution >= 0.6 is 0 Å². The number of amides is 1. The molecule has 0 aromatic carbocycles. The second-order valence-corrected chi connectivity index (χ2v) is 9.44. The lowest BCUT2D eigenvalue weighted by atomic mass is 10.2. The highest BCUT2D eigenvalue weighted by Gasteiger charge is 2.30. The summed E-state index contributed by atoms with van der Waals surface area (Å²) in [6, 6.07) is 2.47. The lowest BCUT2D eigenvalue weighted by molar-refractivity contribution is -0.132. The monoisotopic (exact) mass is 479 g/mol. The maximum Gasteiger partial charge on any atom is 0.339 e. The van der Waals surface area contributed by atoms with Crippen molar-refractivity contribution in [3.8, 4) is 0 Å². The Hall–Kier alpha value is -2.99. The van der Waals surface area contributed by atoms with Gasteiger partial charge in [-0.3, -0.25) is 4.79 Å². The fourth-order valence-electron chi connectivity index (χ4n) is 3.75. The molecule has 0 spiro atoms. The number of carbonyl (C=O) groups excluding carboxylic acids is 2. The summed E-state index contributed by atoms with van der Waals surface area (Å²) in [5.74, 6) is 0.145. The van der Waals surface area contributed by atoms with Crippen molar-refractivity contribution < 1.29 is 27.3 Å². The lowest BCUT2D eigenvalue weighted by Gasteiger charge is -2.25. The van der Waals surface area contributed by atoms with Gasteiger partial charge in [-0.05, 0) is 46.2 Å². The van der Waals surface area contributed by atoms with Crippen molar-refractivity contribution in [3.05, 3.63) is 35.3 Å². The summed E-state index contributed by atoms with van der Waals surface area (Å²) in [4.78, 5) is 32.8. The van der Waals surface area contributed by atoms with E-state index in [-0.39, 0.29) is 22.3 Å². The van der Waals surface area contributed by atoms with Crippen LogP contribution in [0.5, 0.6) is 0 Å². The summed E-state index contributed by atoms with van der Waals surface area (Å²) in [5, 5.41) is 3.67. The number of esters is 1. The molecule has 0 radical (unpaired) electrons. The largest absolute Gasteiger partial charge is 0.462 e. The Bertz CT molecular complexity index is 1080. The molecule has 3 heterocycles. The molecular formula is C21H29N5O6S. The average Bonchev–Trinajstić information content (AvgIpc) is 2.97. The number of hydrogen-bond acceptors (Lipinski definition) is 9. The van der Waals surface area contributed by atoms with Crippen LogP contribution in [0.15, 0.2) is 27.7 Å². The minimum Gasteiger partial charge on any atom is -0.462 e. The molecule has 2 aromatic rings. The number of anilines is 1. The average molecular weight is 480 g/mol. The standard InChI is InChI=1S/C21H29N5O6S/c1-5-31-21(28)17-7-8-18(22-13-17)25-9-6-10-26(12-11-25)20(27)15(3)24-33(29,30)19-14(2)23-32-16(19)4/h7-8,13,15,24H,5-6,9-12H2,1-4H3/t15-/m0/s1. The van der Waals surface area contributed by atoms with Gasteiger partial charge < -0.3 is 19.1 Å². The summed E-state index contributed by atoms with van der Waals surface area (Å²) in [5.41, 5.74) is 0.623. The Morgan fingerprint density at radius 1 is 1.21 bits per heavy atom. The van der Waals surface area contributed by atoms with E-state index in [1.807, 2.05) is 4.90 Å². The first-order valence-corrected chi connectivity index (χ1v) is 12.2. The molecule has 1 aliphatic heterocycles. The van der Waals surface area contributed by atoms with Crippen molar-refractivity contribution in [1.82, 2.24) is 19.8 Å². The molecule has 1 aliphatic rings. The number of sulfonamides is 1. The fourth-order valence-corrected chi connectivity index (χ4v) is 5.28. The molecule has 180 valence electrons. The SMILES string of the molecule is CCOC(=O)c1ccc(N2CCCN(C(=O)[C@H](C)NS(=O)(=O)c3c(C)noc3C)CC2)nc1. The first-order valence-electron chi connectivity index (χ1n) is 10.8. The van der Waals surface area contributed by atoms with Crippen LogP contribution < -0.4 is 9.62 Å². The normalized spacial score (nSPS) is 15.8. The second-order valence-electron chi connectivity index (χ2n) is 7.79. The van der Waals surface area contributed by atoms with E-state index in [0.717, 1.165) is 0 Å². The van der Waals surface area contributed by atoms with Gasteiger partial charge in [0, 0.05) is 32.4 Å². The topological polar surface area (TPSA) is 135 Å². The highest BCUT2D eigenvalue weighted by atomic mass is 32.2. The number of aryl methyl sites for hydroxylation is 2. The van der Waals surface area contributed by atoms with Crippen LogP contribution in [-0.2, 0) is 19.6 Å². The van der Waals surface area contributed by atoms with Crippen LogP contribution in [0.25, 0.3) is 0 Å². The smallest absolute Gasteiger partial charge is 0.339 e. The number of nitrogens with one attached hydrogen (secondary N) is 1. The predicted octanol–water partition coefficient (Wildman–Crippen LogP) is 1.27. The third-order valence-electron chi connectivity index (χ3n) is 5.33. The Labute approximate surface area is 193 Å². The van der Waals surface area contributed by atoms with E-state index in [0.29, 0.717) is 50.6 Å². The van der Waals surface area contributed by atoms with Crippen molar-refractivity contribution in [2.75, 3.05) is 37.7 Å². The second kappa shape index (κ2) is 10.3. The third-order valence-corrected chi connectivity index (χ3v) is 7.11. The van der Waals surface area contributed by atoms with Crippen molar-refractivity contribution in [1.29, 1.82) is 0 Å². The fraction of sp³-hybridized carbons (Fsp3) is 0.524. The summed E-state index contributed by atoms with van der Waals surface area (Å²) in [6.45, 7) is 8.72. The van der Waals surface area contributed by atoms with E-state index in [9.17, 15) is 18.0 Å². The molecule has 2 aromatic heterocycles. The molecule has 0 bridgehead atoms. The molecule has 33 heavy (non-hydrogen) atoms. The number of hydrogen-bond donors (Lipinski definition) is 1. The zero-order chi connectivity index (χ0) is 24.2. The van der Waals surface area contributed by atoms with Gasteiger partial charge in [0.2, 0.25) is 15.9 Å². The van der Waals surface area contributed by atoms with Crippen LogP contribution in [-0.4, -0.2) is 74.2 Å². The Balaban J connectivity index is 1.62. The molecule has 3 rings (SSSR count). The highest BCUT2D eigenvalue weighted by molar-refractivity contribution is 7.89. The summed E-state index contributed by atoms with van der Waals surface area (Å²) in [7, 11) is -3.95. The van der Waals surface area contributed by atoms with Crippen molar-refractivity contribution >= 4 is 27.7 Å². The summed E-state index contributed by atoms with van der Waals surface area (Å²) >= 11 is 0. The lowest BCUT2D eigenvalue weighted by Crippen LogP contribution is -2.48. The minimum absolute atomic E-state index is 0.0402. The molecule has 0 saturated carbocycles. The van der Waals surface area contributed by atoms with Crippen molar-refractivity contribution in [2.45, 2.75) is 45.1 Å². The van der Waals surface area contributed by atoms with Gasteiger partial charge in [-0.1, -0.05) is 5.16 Å². The first kappa shape index (κ1) is 24.6. The van der Waals surface area contributed by atoms with Gasteiger partial charge in [-0.15, -0.1) is 0 Å². The molecule has 11 nitrogen and oxygen atoms in total. The minimum atomic E-state index is -3.95. The van der Waals surface area contributed by atoms with Crippen LogP contribution in [0.2, 0.25) is 0 Å². The van der Waals surface area contributed by atoms with Gasteiger partial charge in [0.1, 0.15) is 16.4 Å². The van der Waals surface area contributed by atoms with Crippen molar-refractivity contribution in [2.24, 2.45) is 0 Å². The first-order chi connectivity index (χ1) is 15.6. The van der Waals surface area contributed by atoms with E-state index < -0.39 is 22.0 Å². The molecule has 0 unspecified atom stereocenters. The molecule has 1 N–H and O–H groups in total. The van der Waals surface area contributed by atoms with Crippen LogP contribution in [0.3, 0.4) is 0 Å². The molecule has 1 amide bonds. The van der Waals surface area contributed by atoms with E-state index in [4.69, 9.17) is 9.26 Å². The molecule has 1 atom stereocenters. The van der Waals surface area contributed by atoms with Crippen molar-refractivity contribution in [3.63, 3.8) is 0 Å². The third kappa shape index (κ3) is 5.69. The maximum atomic E-state index is 13.0. The Morgan fingerprint density at radius 2 is 1.97 bits per heavy atom. The predicted molar refractivity (Wildman–Crippen MR) is 119 cm³/mol. The number of nitrogens with zero attached hydrogens (tertiary/aromatic N) is 4. The zero-order valence-electron chi connectivity index (χ0n) is 19.2. The molecule has 12 heteroatoms. The molecule has 0 aliphatic carbocycles. The van der Waals surface area contributed by atoms with Gasteiger partial charge in [0.25, 0.3) is 0 Å². The van der Waals surface area contributed by atoms with Gasteiger partial charge in [-0.25, -0.2) is 18.2 Å². The number of ether oxygens (including phenoxy) is 1. The van der Waals surface area contributed by atoms with Gasteiger partial charge in [-0.2, -0.15) is 4.72 Å². The quantitative estimate of drug-likeness (QED) is 0.582. The van der Waals surface area contributed by atoms with Crippen LogP contribution in [0, 0.1) is 13.8 Å². The highest BCUT2D eigenvalue weighted by Crippen LogP contribution is 2.20. The van der Waals surface area contributed by atoms with E-state index in [2.05, 4.69) is 14.9 Å². The van der Waals surface area contributed by atoms with Crippen LogP contribution in [0.1, 0.15) is 42.1 Å². The number of aromatic nitrogens is 2. The van der Waals surface area contributed by atoms with Gasteiger partial charge in [0.05, 0.1) is 18.2 Å². The van der Waals surface area contributed by atoms with E-state index in [1.165, 1.54) is 27.0 Å². The van der Waals surface area contributed by atoms with E-state index in [1.54, 1.807) is 24.0 Å². The molecular weight excluding hydrogens is 450 g/mol. The zero-order valence-corrected chi connectivity index (χ0v) is 20.0. The van der Waals surface area contributed by atoms with E-state index >= 15 is 0 Å². The Morgan fingerprint density at radius 3 is 2.58 bits per heavy atom. The van der Waals surface area contributed by atoms with Gasteiger partial charge in [0.15, 0.2) is 5.76 Å². The summed E-state index contributed by atoms with van der Waals surface area (Å²) in [6.07, 6.45) is 2.17. The number of pyridine rings is 1. The summed E-state index contributed by atoms with van der Waals surface area (Å²) < 4.78 is 37.8. The number of carbonyl (C=O) groups is 2. The molecule has 1 saturated heterocycles.